The lowest BCUT2D eigenvalue weighted by Crippen LogP contribution is -2.23. The van der Waals surface area contributed by atoms with Crippen molar-refractivity contribution in [3.63, 3.8) is 0 Å². The van der Waals surface area contributed by atoms with E-state index >= 15 is 0 Å². The molecule has 14 heavy (non-hydrogen) atoms. The van der Waals surface area contributed by atoms with Crippen LogP contribution < -0.4 is 10.5 Å². The zero-order valence-electron chi connectivity index (χ0n) is 7.66. The van der Waals surface area contributed by atoms with Crippen molar-refractivity contribution < 1.29 is 0 Å². The molecule has 1 aliphatic heterocycles. The highest BCUT2D eigenvalue weighted by atomic mass is 35.5. The largest absolute Gasteiger partial charge is 0.369 e. The van der Waals surface area contributed by atoms with E-state index in [1.54, 1.807) is 6.20 Å². The number of nitrogens with one attached hydrogen (secondary N) is 1. The molecular weight excluding hydrogens is 202 g/mol. The van der Waals surface area contributed by atoms with E-state index in [2.05, 4.69) is 17.1 Å². The molecular formula is C9H11ClN3O. The molecule has 2 rings (SSSR count). The summed E-state index contributed by atoms with van der Waals surface area (Å²) in [6.07, 6.45) is 2.62. The molecule has 75 valence electrons. The van der Waals surface area contributed by atoms with Crippen molar-refractivity contribution in [2.75, 3.05) is 18.0 Å². The first-order valence-corrected chi connectivity index (χ1v) is 4.87. The summed E-state index contributed by atoms with van der Waals surface area (Å²) in [5.41, 5.74) is 0.373. The molecule has 0 amide bonds. The van der Waals surface area contributed by atoms with Gasteiger partial charge in [-0.15, -0.1) is 0 Å². The van der Waals surface area contributed by atoms with Gasteiger partial charge in [-0.2, -0.15) is 5.10 Å². The van der Waals surface area contributed by atoms with Gasteiger partial charge in [0, 0.05) is 13.1 Å². The van der Waals surface area contributed by atoms with Crippen molar-refractivity contribution in [1.82, 2.24) is 10.2 Å². The van der Waals surface area contributed by atoms with Crippen LogP contribution in [0.5, 0.6) is 0 Å². The minimum atomic E-state index is -0.336. The van der Waals surface area contributed by atoms with Gasteiger partial charge in [0.15, 0.2) is 0 Å². The molecule has 1 fully saturated rings. The van der Waals surface area contributed by atoms with Crippen LogP contribution in [-0.4, -0.2) is 23.3 Å². The Hall–Kier alpha value is -1.03. The molecule has 0 saturated carbocycles. The van der Waals surface area contributed by atoms with Crippen LogP contribution in [0.25, 0.3) is 0 Å². The van der Waals surface area contributed by atoms with Gasteiger partial charge in [-0.25, -0.2) is 5.10 Å². The van der Waals surface area contributed by atoms with Crippen molar-refractivity contribution in [3.05, 3.63) is 28.5 Å². The molecule has 0 aliphatic carbocycles. The minimum absolute atomic E-state index is 0.217. The first-order valence-electron chi connectivity index (χ1n) is 4.49. The molecule has 5 heteroatoms. The van der Waals surface area contributed by atoms with Gasteiger partial charge in [-0.1, -0.05) is 11.6 Å². The van der Waals surface area contributed by atoms with Crippen molar-refractivity contribution in [2.45, 2.75) is 6.42 Å². The van der Waals surface area contributed by atoms with Crippen LogP contribution in [-0.2, 0) is 0 Å². The number of rotatable bonds is 1. The van der Waals surface area contributed by atoms with Crippen molar-refractivity contribution in [1.29, 1.82) is 0 Å². The molecule has 1 saturated heterocycles. The summed E-state index contributed by atoms with van der Waals surface area (Å²) >= 11 is 5.88. The molecule has 1 N–H and O–H groups in total. The van der Waals surface area contributed by atoms with Gasteiger partial charge in [-0.05, 0) is 19.3 Å². The monoisotopic (exact) mass is 212 g/mol. The third kappa shape index (κ3) is 1.62. The molecule has 0 bridgehead atoms. The summed E-state index contributed by atoms with van der Waals surface area (Å²) in [7, 11) is 0. The summed E-state index contributed by atoms with van der Waals surface area (Å²) in [6.45, 7) is 5.70. The molecule has 2 heterocycles. The highest BCUT2D eigenvalue weighted by Gasteiger charge is 2.21. The highest BCUT2D eigenvalue weighted by molar-refractivity contribution is 6.33. The number of halogens is 1. The van der Waals surface area contributed by atoms with E-state index < -0.39 is 0 Å². The maximum absolute atomic E-state index is 11.2. The quantitative estimate of drug-likeness (QED) is 0.758. The molecule has 1 atom stereocenters. The SMILES string of the molecule is [CH2][C@@H]1CCN(c2cn[nH]c(=O)c2Cl)C1. The average Bonchev–Trinajstić information content (AvgIpc) is 2.57. The molecule has 0 spiro atoms. The van der Waals surface area contributed by atoms with Crippen LogP contribution in [0.2, 0.25) is 5.02 Å². The van der Waals surface area contributed by atoms with E-state index in [1.807, 2.05) is 4.90 Å². The van der Waals surface area contributed by atoms with E-state index in [0.29, 0.717) is 11.6 Å². The van der Waals surface area contributed by atoms with Gasteiger partial charge in [-0.3, -0.25) is 4.79 Å². The van der Waals surface area contributed by atoms with Crippen molar-refractivity contribution in [3.8, 4) is 0 Å². The molecule has 1 radical (unpaired) electrons. The average molecular weight is 213 g/mol. The predicted molar refractivity (Wildman–Crippen MR) is 55.5 cm³/mol. The van der Waals surface area contributed by atoms with Gasteiger partial charge >= 0.3 is 0 Å². The number of H-pyrrole nitrogens is 1. The fraction of sp³-hybridized carbons (Fsp3) is 0.444. The van der Waals surface area contributed by atoms with Crippen molar-refractivity contribution in [2.24, 2.45) is 5.92 Å². The van der Waals surface area contributed by atoms with Crippen molar-refractivity contribution >= 4 is 17.3 Å². The van der Waals surface area contributed by atoms with Crippen LogP contribution in [0.3, 0.4) is 0 Å². The number of nitrogens with zero attached hydrogens (tertiary/aromatic N) is 2. The first kappa shape index (κ1) is 9.52. The lowest BCUT2D eigenvalue weighted by molar-refractivity contribution is 0.734. The molecule has 4 nitrogen and oxygen atoms in total. The first-order chi connectivity index (χ1) is 6.68. The topological polar surface area (TPSA) is 49.0 Å². The normalized spacial score (nSPS) is 21.6. The summed E-state index contributed by atoms with van der Waals surface area (Å²) in [4.78, 5) is 13.2. The van der Waals surface area contributed by atoms with Gasteiger partial charge in [0.25, 0.3) is 5.56 Å². The number of aromatic nitrogens is 2. The third-order valence-corrected chi connectivity index (χ3v) is 2.77. The number of hydrogen-bond donors (Lipinski definition) is 1. The van der Waals surface area contributed by atoms with Gasteiger partial charge in [0.2, 0.25) is 0 Å². The zero-order chi connectivity index (χ0) is 10.1. The van der Waals surface area contributed by atoms with Crippen LogP contribution in [0, 0.1) is 12.8 Å². The number of anilines is 1. The Morgan fingerprint density at radius 2 is 2.50 bits per heavy atom. The van der Waals surface area contributed by atoms with E-state index in [1.165, 1.54) is 0 Å². The fourth-order valence-electron chi connectivity index (χ4n) is 1.65. The summed E-state index contributed by atoms with van der Waals surface area (Å²) in [5, 5.41) is 6.24. The fourth-order valence-corrected chi connectivity index (χ4v) is 1.86. The smallest absolute Gasteiger partial charge is 0.285 e. The Kier molecular flexibility index (Phi) is 2.46. The summed E-state index contributed by atoms with van der Waals surface area (Å²) < 4.78 is 0. The van der Waals surface area contributed by atoms with Gasteiger partial charge < -0.3 is 4.90 Å². The maximum Gasteiger partial charge on any atom is 0.285 e. The molecule has 1 aromatic rings. The molecule has 0 unspecified atom stereocenters. The summed E-state index contributed by atoms with van der Waals surface area (Å²) in [5.74, 6) is 0.408. The Labute approximate surface area is 86.9 Å². The number of hydrogen-bond acceptors (Lipinski definition) is 3. The second-order valence-electron chi connectivity index (χ2n) is 3.50. The maximum atomic E-state index is 11.2. The van der Waals surface area contributed by atoms with E-state index in [0.717, 1.165) is 19.5 Å². The van der Waals surface area contributed by atoms with Crippen LogP contribution in [0.4, 0.5) is 5.69 Å². The van der Waals surface area contributed by atoms with E-state index in [4.69, 9.17) is 11.6 Å². The van der Waals surface area contributed by atoms with Gasteiger partial charge in [0.05, 0.1) is 11.9 Å². The lowest BCUT2D eigenvalue weighted by Gasteiger charge is -2.17. The number of aromatic amines is 1. The highest BCUT2D eigenvalue weighted by Crippen LogP contribution is 2.26. The third-order valence-electron chi connectivity index (χ3n) is 2.40. The lowest BCUT2D eigenvalue weighted by atomic mass is 10.2. The Morgan fingerprint density at radius 3 is 3.14 bits per heavy atom. The van der Waals surface area contributed by atoms with Crippen LogP contribution in [0.15, 0.2) is 11.0 Å². The standard InChI is InChI=1S/C9H11ClN3O/c1-6-2-3-13(5-6)7-4-11-12-9(14)8(7)10/h4,6H,1-3,5H2,(H,12,14)/t6-/m1/s1. The molecule has 0 aromatic carbocycles. The van der Waals surface area contributed by atoms with E-state index in [9.17, 15) is 4.79 Å². The Balaban J connectivity index is 2.33. The predicted octanol–water partition coefficient (Wildman–Crippen LogP) is 1.08. The summed E-state index contributed by atoms with van der Waals surface area (Å²) in [6, 6.07) is 0. The van der Waals surface area contributed by atoms with E-state index in [-0.39, 0.29) is 10.6 Å². The Morgan fingerprint density at radius 1 is 1.71 bits per heavy atom. The molecule has 1 aromatic heterocycles. The van der Waals surface area contributed by atoms with Crippen LogP contribution in [0.1, 0.15) is 6.42 Å². The second-order valence-corrected chi connectivity index (χ2v) is 3.88. The van der Waals surface area contributed by atoms with Crippen LogP contribution >= 0.6 is 11.6 Å². The second kappa shape index (κ2) is 3.61. The Bertz CT molecular complexity index is 390. The molecule has 1 aliphatic rings. The minimum Gasteiger partial charge on any atom is -0.369 e. The van der Waals surface area contributed by atoms with Gasteiger partial charge in [0.1, 0.15) is 5.02 Å². The zero-order valence-corrected chi connectivity index (χ0v) is 8.42.